The summed E-state index contributed by atoms with van der Waals surface area (Å²) >= 11 is 0. The minimum Gasteiger partial charge on any atom is -0.342 e. The number of para-hydroxylation sites is 1. The summed E-state index contributed by atoms with van der Waals surface area (Å²) in [6.07, 6.45) is 2.62. The van der Waals surface area contributed by atoms with Crippen molar-refractivity contribution in [2.45, 2.75) is 12.7 Å². The molecular formula is C33H31F3N8O. The third-order valence-electron chi connectivity index (χ3n) is 6.61. The van der Waals surface area contributed by atoms with Crippen LogP contribution in [0.2, 0.25) is 0 Å². The summed E-state index contributed by atoms with van der Waals surface area (Å²) in [6.45, 7) is 1.25. The Kier molecular flexibility index (Phi) is 9.54. The van der Waals surface area contributed by atoms with E-state index >= 15 is 0 Å². The van der Waals surface area contributed by atoms with Crippen molar-refractivity contribution in [1.82, 2.24) is 19.4 Å². The van der Waals surface area contributed by atoms with Crippen LogP contribution in [0.25, 0.3) is 10.9 Å². The number of hydrazone groups is 1. The first kappa shape index (κ1) is 31.0. The highest BCUT2D eigenvalue weighted by Crippen LogP contribution is 2.35. The largest absolute Gasteiger partial charge is 0.421 e. The molecule has 45 heavy (non-hydrogen) atoms. The minimum atomic E-state index is -4.71. The number of amides is 1. The summed E-state index contributed by atoms with van der Waals surface area (Å²) in [6, 6.07) is 24.2. The molecule has 9 nitrogen and oxygen atoms in total. The van der Waals surface area contributed by atoms with Gasteiger partial charge >= 0.3 is 6.18 Å². The second-order valence-electron chi connectivity index (χ2n) is 10.4. The third-order valence-corrected chi connectivity index (χ3v) is 6.61. The molecule has 0 fully saturated rings. The molecule has 1 amide bonds. The Labute approximate surface area is 258 Å². The van der Waals surface area contributed by atoms with Gasteiger partial charge in [0.1, 0.15) is 11.4 Å². The van der Waals surface area contributed by atoms with Gasteiger partial charge in [-0.3, -0.25) is 4.79 Å². The Morgan fingerprint density at radius 1 is 1.00 bits per heavy atom. The Hall–Kier alpha value is -5.49. The molecular weight excluding hydrogens is 581 g/mol. The van der Waals surface area contributed by atoms with Crippen LogP contribution in [0.15, 0.2) is 109 Å². The topological polar surface area (TPSA) is 99.5 Å². The Morgan fingerprint density at radius 3 is 2.53 bits per heavy atom. The second-order valence-corrected chi connectivity index (χ2v) is 10.4. The first-order valence-electron chi connectivity index (χ1n) is 14.0. The number of hydrogen-bond donors (Lipinski definition) is 3. The van der Waals surface area contributed by atoms with E-state index < -0.39 is 17.6 Å². The fourth-order valence-electron chi connectivity index (χ4n) is 4.55. The third kappa shape index (κ3) is 8.33. The smallest absolute Gasteiger partial charge is 0.342 e. The number of carbonyl (C=O) groups is 1. The van der Waals surface area contributed by atoms with E-state index in [1.807, 2.05) is 67.7 Å². The van der Waals surface area contributed by atoms with Gasteiger partial charge in [0.05, 0.1) is 6.21 Å². The van der Waals surface area contributed by atoms with Crippen molar-refractivity contribution in [2.24, 2.45) is 5.10 Å². The van der Waals surface area contributed by atoms with E-state index in [-0.39, 0.29) is 17.5 Å². The molecule has 0 atom stereocenters. The second kappa shape index (κ2) is 13.9. The number of nitrogens with zero attached hydrogens (tertiary/aromatic N) is 5. The van der Waals surface area contributed by atoms with Crippen molar-refractivity contribution in [1.29, 1.82) is 0 Å². The van der Waals surface area contributed by atoms with Gasteiger partial charge < -0.3 is 20.1 Å². The van der Waals surface area contributed by atoms with E-state index in [1.54, 1.807) is 30.5 Å². The fourth-order valence-corrected chi connectivity index (χ4v) is 4.55. The van der Waals surface area contributed by atoms with Crippen molar-refractivity contribution in [2.75, 3.05) is 36.7 Å². The van der Waals surface area contributed by atoms with E-state index in [2.05, 4.69) is 47.8 Å². The number of halogens is 3. The van der Waals surface area contributed by atoms with Crippen LogP contribution in [0, 0.1) is 0 Å². The molecule has 12 heteroatoms. The first-order chi connectivity index (χ1) is 21.7. The maximum Gasteiger partial charge on any atom is 0.421 e. The molecule has 3 aromatic carbocycles. The summed E-state index contributed by atoms with van der Waals surface area (Å²) in [5.41, 5.74) is 5.25. The number of likely N-dealkylation sites (N-methyl/N-ethyl adjacent to an activating group) is 1. The molecule has 230 valence electrons. The number of hydrogen-bond acceptors (Lipinski definition) is 7. The SMILES string of the molecule is CN(C)C/C=C/C(=O)Nc1cccc(Nc2nc(N/N=C/c3cn(Cc4ccccc4)c4ccccc34)ncc2C(F)(F)F)c1. The quantitative estimate of drug-likeness (QED) is 0.0868. The number of fused-ring (bicyclic) bond motifs is 1. The Balaban J connectivity index is 1.34. The van der Waals surface area contributed by atoms with Gasteiger partial charge in [-0.15, -0.1) is 0 Å². The maximum absolute atomic E-state index is 13.8. The van der Waals surface area contributed by atoms with E-state index in [1.165, 1.54) is 12.1 Å². The van der Waals surface area contributed by atoms with Gasteiger partial charge in [0.15, 0.2) is 0 Å². The molecule has 5 rings (SSSR count). The predicted octanol–water partition coefficient (Wildman–Crippen LogP) is 6.74. The maximum atomic E-state index is 13.8. The van der Waals surface area contributed by atoms with E-state index in [9.17, 15) is 18.0 Å². The number of nitrogens with one attached hydrogen (secondary N) is 3. The molecule has 3 N–H and O–H groups in total. The van der Waals surface area contributed by atoms with E-state index in [0.717, 1.165) is 22.0 Å². The molecule has 0 bridgehead atoms. The molecule has 5 aromatic rings. The summed E-state index contributed by atoms with van der Waals surface area (Å²) < 4.78 is 43.7. The summed E-state index contributed by atoms with van der Waals surface area (Å²) in [4.78, 5) is 22.0. The molecule has 0 aliphatic heterocycles. The predicted molar refractivity (Wildman–Crippen MR) is 172 cm³/mol. The lowest BCUT2D eigenvalue weighted by Gasteiger charge is -2.14. The lowest BCUT2D eigenvalue weighted by molar-refractivity contribution is -0.137. The van der Waals surface area contributed by atoms with Crippen LogP contribution in [0.1, 0.15) is 16.7 Å². The van der Waals surface area contributed by atoms with Gasteiger partial charge in [-0.05, 0) is 43.9 Å². The standard InChI is InChI=1S/C33H31F3N8O/c1-43(2)17-9-16-30(45)39-25-12-8-13-26(18-25)40-31-28(33(34,35)36)20-37-32(41-31)42-38-19-24-22-44(21-23-10-4-3-5-11-23)29-15-7-6-14-27(24)29/h3-16,18-20,22H,17,21H2,1-2H3,(H,39,45)(H2,37,40,41,42)/b16-9+,38-19+. The number of anilines is 4. The molecule has 0 unspecified atom stereocenters. The first-order valence-corrected chi connectivity index (χ1v) is 14.0. The van der Waals surface area contributed by atoms with Crippen molar-refractivity contribution in [3.8, 4) is 0 Å². The van der Waals surface area contributed by atoms with Gasteiger partial charge in [-0.2, -0.15) is 23.3 Å². The molecule has 0 saturated carbocycles. The molecule has 0 aliphatic carbocycles. The average Bonchev–Trinajstić information content (AvgIpc) is 3.34. The summed E-state index contributed by atoms with van der Waals surface area (Å²) in [5, 5.41) is 10.6. The number of carbonyl (C=O) groups excluding carboxylic acids is 1. The van der Waals surface area contributed by atoms with Crippen molar-refractivity contribution >= 4 is 46.2 Å². The van der Waals surface area contributed by atoms with Crippen LogP contribution in [-0.2, 0) is 17.5 Å². The molecule has 0 radical (unpaired) electrons. The van der Waals surface area contributed by atoms with Crippen LogP contribution < -0.4 is 16.1 Å². The number of rotatable bonds is 11. The average molecular weight is 613 g/mol. The number of alkyl halides is 3. The molecule has 0 saturated heterocycles. The zero-order valence-electron chi connectivity index (χ0n) is 24.6. The lowest BCUT2D eigenvalue weighted by Crippen LogP contribution is -2.13. The van der Waals surface area contributed by atoms with Gasteiger partial charge in [-0.25, -0.2) is 10.4 Å². The minimum absolute atomic E-state index is 0.134. The van der Waals surface area contributed by atoms with Crippen molar-refractivity contribution in [3.63, 3.8) is 0 Å². The molecule has 2 aromatic heterocycles. The van der Waals surface area contributed by atoms with E-state index in [0.29, 0.717) is 25.0 Å². The number of aromatic nitrogens is 3. The zero-order valence-corrected chi connectivity index (χ0v) is 24.6. The highest BCUT2D eigenvalue weighted by molar-refractivity contribution is 6.00. The van der Waals surface area contributed by atoms with Crippen LogP contribution in [0.3, 0.4) is 0 Å². The molecule has 0 spiro atoms. The van der Waals surface area contributed by atoms with Gasteiger partial charge in [0.2, 0.25) is 11.9 Å². The van der Waals surface area contributed by atoms with Gasteiger partial charge in [0.25, 0.3) is 0 Å². The lowest BCUT2D eigenvalue weighted by atomic mass is 10.2. The normalized spacial score (nSPS) is 12.0. The molecule has 2 heterocycles. The van der Waals surface area contributed by atoms with Gasteiger partial charge in [-0.1, -0.05) is 60.7 Å². The monoisotopic (exact) mass is 612 g/mol. The zero-order chi connectivity index (χ0) is 31.8. The highest BCUT2D eigenvalue weighted by Gasteiger charge is 2.35. The highest BCUT2D eigenvalue weighted by atomic mass is 19.4. The van der Waals surface area contributed by atoms with Crippen LogP contribution in [0.4, 0.5) is 36.3 Å². The van der Waals surface area contributed by atoms with Crippen LogP contribution in [-0.4, -0.2) is 52.2 Å². The van der Waals surface area contributed by atoms with E-state index in [4.69, 9.17) is 0 Å². The van der Waals surface area contributed by atoms with Gasteiger partial charge in [0, 0.05) is 59.4 Å². The van der Waals surface area contributed by atoms with Crippen LogP contribution >= 0.6 is 0 Å². The Bertz CT molecular complexity index is 1830. The molecule has 0 aliphatic rings. The van der Waals surface area contributed by atoms with Crippen molar-refractivity contribution in [3.05, 3.63) is 120 Å². The fraction of sp³-hybridized carbons (Fsp3) is 0.152. The summed E-state index contributed by atoms with van der Waals surface area (Å²) in [7, 11) is 3.75. The van der Waals surface area contributed by atoms with Crippen LogP contribution in [0.5, 0.6) is 0 Å². The summed E-state index contributed by atoms with van der Waals surface area (Å²) in [5.74, 6) is -0.964. The Morgan fingerprint density at radius 2 is 1.76 bits per heavy atom. The number of benzene rings is 3. The van der Waals surface area contributed by atoms with Crippen molar-refractivity contribution < 1.29 is 18.0 Å².